The van der Waals surface area contributed by atoms with Crippen LogP contribution in [0, 0.1) is 0 Å². The average Bonchev–Trinajstić information content (AvgIpc) is 2.80. The summed E-state index contributed by atoms with van der Waals surface area (Å²) in [4.78, 5) is 36.0. The third-order valence-corrected chi connectivity index (χ3v) is 4.38. The summed E-state index contributed by atoms with van der Waals surface area (Å²) >= 11 is 7.08. The molecule has 1 atom stereocenters. The highest BCUT2D eigenvalue weighted by molar-refractivity contribution is 8.00. The van der Waals surface area contributed by atoms with E-state index >= 15 is 0 Å². The van der Waals surface area contributed by atoms with Gasteiger partial charge in [-0.1, -0.05) is 23.7 Å². The first-order valence-corrected chi connectivity index (χ1v) is 8.17. The van der Waals surface area contributed by atoms with Gasteiger partial charge in [0.25, 0.3) is 0 Å². The van der Waals surface area contributed by atoms with Crippen LogP contribution in [-0.2, 0) is 14.4 Å². The lowest BCUT2D eigenvalue weighted by Gasteiger charge is -2.18. The number of nitrogens with one attached hydrogen (secondary N) is 1. The highest BCUT2D eigenvalue weighted by Crippen LogP contribution is 2.28. The fourth-order valence-corrected chi connectivity index (χ4v) is 2.97. The van der Waals surface area contributed by atoms with Gasteiger partial charge in [-0.2, -0.15) is 0 Å². The lowest BCUT2D eigenvalue weighted by Crippen LogP contribution is -2.42. The number of para-hydroxylation sites is 1. The minimum atomic E-state index is -0.973. The normalized spacial score (nSPS) is 17.6. The van der Waals surface area contributed by atoms with E-state index in [1.807, 2.05) is 0 Å². The van der Waals surface area contributed by atoms with Gasteiger partial charge >= 0.3 is 5.97 Å². The molecule has 0 aliphatic carbocycles. The van der Waals surface area contributed by atoms with Gasteiger partial charge < -0.3 is 15.3 Å². The molecule has 2 amide bonds. The Morgan fingerprint density at radius 3 is 2.77 bits per heavy atom. The zero-order chi connectivity index (χ0) is 16.1. The molecule has 1 heterocycles. The first kappa shape index (κ1) is 16.6. The molecule has 1 saturated heterocycles. The SMILES string of the molecule is O=C(O)CSCC(=O)NC1CCN(c2ccccc2Cl)C1=O. The summed E-state index contributed by atoms with van der Waals surface area (Å²) in [5.74, 6) is -1.64. The molecule has 0 bridgehead atoms. The Balaban J connectivity index is 1.90. The number of aliphatic carboxylic acids is 1. The second kappa shape index (κ2) is 7.51. The fraction of sp³-hybridized carbons (Fsp3) is 0.357. The van der Waals surface area contributed by atoms with Gasteiger partial charge in [0.05, 0.1) is 22.2 Å². The Morgan fingerprint density at radius 2 is 2.09 bits per heavy atom. The number of hydrogen-bond donors (Lipinski definition) is 2. The molecule has 2 rings (SSSR count). The van der Waals surface area contributed by atoms with Crippen LogP contribution in [0.15, 0.2) is 24.3 Å². The van der Waals surface area contributed by atoms with Gasteiger partial charge in [0.1, 0.15) is 6.04 Å². The number of benzene rings is 1. The maximum atomic E-state index is 12.3. The van der Waals surface area contributed by atoms with Crippen LogP contribution in [0.2, 0.25) is 5.02 Å². The number of carbonyl (C=O) groups is 3. The summed E-state index contributed by atoms with van der Waals surface area (Å²) in [6.45, 7) is 0.482. The van der Waals surface area contributed by atoms with Gasteiger partial charge in [-0.25, -0.2) is 0 Å². The van der Waals surface area contributed by atoms with Crippen LogP contribution in [0.3, 0.4) is 0 Å². The Kier molecular flexibility index (Phi) is 5.68. The van der Waals surface area contributed by atoms with E-state index in [1.54, 1.807) is 29.2 Å². The van der Waals surface area contributed by atoms with Crippen molar-refractivity contribution in [2.75, 3.05) is 23.0 Å². The molecular weight excluding hydrogens is 328 g/mol. The molecule has 0 saturated carbocycles. The molecule has 1 aliphatic rings. The molecule has 8 heteroatoms. The van der Waals surface area contributed by atoms with Crippen LogP contribution in [-0.4, -0.2) is 47.0 Å². The van der Waals surface area contributed by atoms with E-state index < -0.39 is 12.0 Å². The molecule has 0 radical (unpaired) electrons. The van der Waals surface area contributed by atoms with E-state index in [0.29, 0.717) is 23.7 Å². The zero-order valence-corrected chi connectivity index (χ0v) is 13.2. The molecule has 2 N–H and O–H groups in total. The predicted octanol–water partition coefficient (Wildman–Crippen LogP) is 1.38. The second-order valence-corrected chi connectivity index (χ2v) is 6.13. The van der Waals surface area contributed by atoms with Gasteiger partial charge in [-0.3, -0.25) is 14.4 Å². The standard InChI is InChI=1S/C14H15ClN2O4S/c15-9-3-1-2-4-11(9)17-6-5-10(14(17)21)16-12(18)7-22-8-13(19)20/h1-4,10H,5-8H2,(H,16,18)(H,19,20). The number of carbonyl (C=O) groups excluding carboxylic acids is 2. The maximum Gasteiger partial charge on any atom is 0.313 e. The largest absolute Gasteiger partial charge is 0.481 e. The minimum Gasteiger partial charge on any atom is -0.481 e. The number of anilines is 1. The average molecular weight is 343 g/mol. The van der Waals surface area contributed by atoms with Crippen molar-refractivity contribution in [3.05, 3.63) is 29.3 Å². The Bertz CT molecular complexity index is 596. The summed E-state index contributed by atoms with van der Waals surface area (Å²) in [7, 11) is 0. The van der Waals surface area contributed by atoms with E-state index in [0.717, 1.165) is 11.8 Å². The number of hydrogen-bond acceptors (Lipinski definition) is 4. The van der Waals surface area contributed by atoms with Crippen LogP contribution in [0.1, 0.15) is 6.42 Å². The van der Waals surface area contributed by atoms with Crippen LogP contribution in [0.5, 0.6) is 0 Å². The highest BCUT2D eigenvalue weighted by Gasteiger charge is 2.34. The number of rotatable bonds is 6. The smallest absolute Gasteiger partial charge is 0.313 e. The molecule has 1 unspecified atom stereocenters. The summed E-state index contributed by atoms with van der Waals surface area (Å²) in [6.07, 6.45) is 0.499. The monoisotopic (exact) mass is 342 g/mol. The van der Waals surface area contributed by atoms with Crippen molar-refractivity contribution in [3.8, 4) is 0 Å². The molecule has 0 spiro atoms. The van der Waals surface area contributed by atoms with Gasteiger partial charge in [0, 0.05) is 6.54 Å². The van der Waals surface area contributed by atoms with E-state index in [1.165, 1.54) is 0 Å². The van der Waals surface area contributed by atoms with Crippen molar-refractivity contribution in [3.63, 3.8) is 0 Å². The lowest BCUT2D eigenvalue weighted by atomic mass is 10.2. The number of amides is 2. The quantitative estimate of drug-likeness (QED) is 0.815. The van der Waals surface area contributed by atoms with Crippen LogP contribution in [0.25, 0.3) is 0 Å². The summed E-state index contributed by atoms with van der Waals surface area (Å²) < 4.78 is 0. The van der Waals surface area contributed by atoms with E-state index in [4.69, 9.17) is 16.7 Å². The number of carboxylic acids is 1. The molecule has 6 nitrogen and oxygen atoms in total. The number of thioether (sulfide) groups is 1. The number of carboxylic acid groups (broad SMARTS) is 1. The van der Waals surface area contributed by atoms with Crippen molar-refractivity contribution in [2.24, 2.45) is 0 Å². The third-order valence-electron chi connectivity index (χ3n) is 3.14. The Hall–Kier alpha value is -1.73. The molecule has 1 aromatic carbocycles. The van der Waals surface area contributed by atoms with Gasteiger partial charge in [0.2, 0.25) is 11.8 Å². The van der Waals surface area contributed by atoms with Crippen LogP contribution in [0.4, 0.5) is 5.69 Å². The number of halogens is 1. The molecular formula is C14H15ClN2O4S. The Labute approximate surface area is 136 Å². The highest BCUT2D eigenvalue weighted by atomic mass is 35.5. The molecule has 1 aromatic rings. The zero-order valence-electron chi connectivity index (χ0n) is 11.6. The van der Waals surface area contributed by atoms with E-state index in [2.05, 4.69) is 5.32 Å². The molecule has 0 aromatic heterocycles. The van der Waals surface area contributed by atoms with Crippen molar-refractivity contribution in [2.45, 2.75) is 12.5 Å². The second-order valence-electron chi connectivity index (χ2n) is 4.74. The molecule has 1 aliphatic heterocycles. The molecule has 1 fully saturated rings. The van der Waals surface area contributed by atoms with Gasteiger partial charge in [0.15, 0.2) is 0 Å². The minimum absolute atomic E-state index is 0.0160. The molecule has 22 heavy (non-hydrogen) atoms. The van der Waals surface area contributed by atoms with Crippen LogP contribution < -0.4 is 10.2 Å². The van der Waals surface area contributed by atoms with Crippen molar-refractivity contribution >= 4 is 46.8 Å². The first-order valence-electron chi connectivity index (χ1n) is 6.64. The topological polar surface area (TPSA) is 86.7 Å². The summed E-state index contributed by atoms with van der Waals surface area (Å²) in [6, 6.07) is 6.45. The molecule has 118 valence electrons. The predicted molar refractivity (Wildman–Crippen MR) is 85.3 cm³/mol. The van der Waals surface area contributed by atoms with Gasteiger partial charge in [-0.05, 0) is 18.6 Å². The summed E-state index contributed by atoms with van der Waals surface area (Å²) in [5.41, 5.74) is 0.631. The maximum absolute atomic E-state index is 12.3. The van der Waals surface area contributed by atoms with Crippen LogP contribution >= 0.6 is 23.4 Å². The van der Waals surface area contributed by atoms with E-state index in [-0.39, 0.29) is 23.3 Å². The first-order chi connectivity index (χ1) is 10.5. The van der Waals surface area contributed by atoms with E-state index in [9.17, 15) is 14.4 Å². The Morgan fingerprint density at radius 1 is 1.36 bits per heavy atom. The van der Waals surface area contributed by atoms with Gasteiger partial charge in [-0.15, -0.1) is 11.8 Å². The third kappa shape index (κ3) is 4.14. The fourth-order valence-electron chi connectivity index (χ4n) is 2.19. The lowest BCUT2D eigenvalue weighted by molar-refractivity contribution is -0.133. The van der Waals surface area contributed by atoms with Crippen molar-refractivity contribution in [1.29, 1.82) is 0 Å². The van der Waals surface area contributed by atoms with Crippen molar-refractivity contribution < 1.29 is 19.5 Å². The van der Waals surface area contributed by atoms with Crippen molar-refractivity contribution in [1.82, 2.24) is 5.32 Å². The summed E-state index contributed by atoms with van der Waals surface area (Å²) in [5, 5.41) is 11.6. The number of nitrogens with zero attached hydrogens (tertiary/aromatic N) is 1.